The number of carbonyl (C=O) groups excluding carboxylic acids is 1. The summed E-state index contributed by atoms with van der Waals surface area (Å²) < 4.78 is 5.46. The van der Waals surface area contributed by atoms with Gasteiger partial charge in [-0.2, -0.15) is 11.8 Å². The lowest BCUT2D eigenvalue weighted by atomic mass is 10.1. The molecule has 0 aliphatic rings. The van der Waals surface area contributed by atoms with Gasteiger partial charge in [0.2, 0.25) is 5.91 Å². The maximum absolute atomic E-state index is 11.8. The fourth-order valence-corrected chi connectivity index (χ4v) is 2.33. The summed E-state index contributed by atoms with van der Waals surface area (Å²) in [5.41, 5.74) is 6.32. The predicted octanol–water partition coefficient (Wildman–Crippen LogP) is 2.49. The van der Waals surface area contributed by atoms with Crippen molar-refractivity contribution in [3.8, 4) is 5.75 Å². The molecule has 0 aliphatic carbocycles. The first-order chi connectivity index (χ1) is 8.92. The molecular formula is C14H22N2O2S. The highest BCUT2D eigenvalue weighted by atomic mass is 32.2. The van der Waals surface area contributed by atoms with E-state index >= 15 is 0 Å². The molecular weight excluding hydrogens is 260 g/mol. The van der Waals surface area contributed by atoms with Crippen LogP contribution in [-0.4, -0.2) is 29.6 Å². The first-order valence-electron chi connectivity index (χ1n) is 6.30. The molecule has 1 amide bonds. The van der Waals surface area contributed by atoms with Gasteiger partial charge in [0, 0.05) is 11.3 Å². The van der Waals surface area contributed by atoms with E-state index in [1.165, 1.54) is 11.8 Å². The second-order valence-corrected chi connectivity index (χ2v) is 5.94. The molecule has 0 radical (unpaired) electrons. The number of amides is 1. The lowest BCUT2D eigenvalue weighted by Gasteiger charge is -2.17. The summed E-state index contributed by atoms with van der Waals surface area (Å²) in [5, 5.41) is 2.86. The quantitative estimate of drug-likeness (QED) is 0.806. The molecule has 19 heavy (non-hydrogen) atoms. The highest BCUT2D eigenvalue weighted by molar-refractivity contribution is 8.00. The SMILES string of the molecule is CCOc1ccccc1NC(=O)CSCC(C)(C)N. The van der Waals surface area contributed by atoms with E-state index in [1.807, 2.05) is 45.0 Å². The van der Waals surface area contributed by atoms with Crippen molar-refractivity contribution in [2.24, 2.45) is 5.73 Å². The van der Waals surface area contributed by atoms with E-state index in [0.717, 1.165) is 5.75 Å². The number of para-hydroxylation sites is 2. The Morgan fingerprint density at radius 2 is 2.11 bits per heavy atom. The number of rotatable bonds is 7. The van der Waals surface area contributed by atoms with Crippen LogP contribution in [0.1, 0.15) is 20.8 Å². The molecule has 0 unspecified atom stereocenters. The van der Waals surface area contributed by atoms with Gasteiger partial charge in [-0.15, -0.1) is 0 Å². The molecule has 0 spiro atoms. The normalized spacial score (nSPS) is 11.2. The molecule has 106 valence electrons. The first kappa shape index (κ1) is 15.9. The van der Waals surface area contributed by atoms with Crippen molar-refractivity contribution >= 4 is 23.4 Å². The topological polar surface area (TPSA) is 64.3 Å². The summed E-state index contributed by atoms with van der Waals surface area (Å²) in [4.78, 5) is 11.8. The van der Waals surface area contributed by atoms with Crippen LogP contribution in [0.4, 0.5) is 5.69 Å². The van der Waals surface area contributed by atoms with Crippen LogP contribution in [0.2, 0.25) is 0 Å². The molecule has 0 aromatic heterocycles. The van der Waals surface area contributed by atoms with Gasteiger partial charge in [-0.25, -0.2) is 0 Å². The Bertz CT molecular complexity index is 416. The molecule has 4 nitrogen and oxygen atoms in total. The zero-order valence-electron chi connectivity index (χ0n) is 11.7. The van der Waals surface area contributed by atoms with Crippen LogP contribution >= 0.6 is 11.8 Å². The third kappa shape index (κ3) is 6.50. The molecule has 1 aromatic rings. The number of benzene rings is 1. The van der Waals surface area contributed by atoms with Crippen LogP contribution in [0.3, 0.4) is 0 Å². The second-order valence-electron chi connectivity index (χ2n) is 4.96. The zero-order chi connectivity index (χ0) is 14.3. The minimum Gasteiger partial charge on any atom is -0.492 e. The predicted molar refractivity (Wildman–Crippen MR) is 81.8 cm³/mol. The molecule has 1 rings (SSSR count). The van der Waals surface area contributed by atoms with E-state index in [1.54, 1.807) is 0 Å². The minimum atomic E-state index is -0.256. The van der Waals surface area contributed by atoms with Crippen molar-refractivity contribution in [1.29, 1.82) is 0 Å². The standard InChI is InChI=1S/C14H22N2O2S/c1-4-18-12-8-6-5-7-11(12)16-13(17)9-19-10-14(2,3)15/h5-8H,4,9-10,15H2,1-3H3,(H,16,17). The Morgan fingerprint density at radius 3 is 2.74 bits per heavy atom. The Kier molecular flexibility index (Phi) is 6.18. The second kappa shape index (κ2) is 7.40. The van der Waals surface area contributed by atoms with Crippen LogP contribution in [0.5, 0.6) is 5.75 Å². The number of carbonyl (C=O) groups is 1. The van der Waals surface area contributed by atoms with Gasteiger partial charge < -0.3 is 15.8 Å². The van der Waals surface area contributed by atoms with Crippen LogP contribution in [0.15, 0.2) is 24.3 Å². The van der Waals surface area contributed by atoms with Crippen molar-refractivity contribution in [3.05, 3.63) is 24.3 Å². The van der Waals surface area contributed by atoms with Crippen LogP contribution in [-0.2, 0) is 4.79 Å². The van der Waals surface area contributed by atoms with E-state index < -0.39 is 0 Å². The van der Waals surface area contributed by atoms with Crippen molar-refractivity contribution in [2.45, 2.75) is 26.3 Å². The lowest BCUT2D eigenvalue weighted by molar-refractivity contribution is -0.113. The van der Waals surface area contributed by atoms with Crippen LogP contribution in [0.25, 0.3) is 0 Å². The summed E-state index contributed by atoms with van der Waals surface area (Å²) in [6.07, 6.45) is 0. The smallest absolute Gasteiger partial charge is 0.234 e. The Morgan fingerprint density at radius 1 is 1.42 bits per heavy atom. The molecule has 0 saturated carbocycles. The largest absolute Gasteiger partial charge is 0.492 e. The van der Waals surface area contributed by atoms with Gasteiger partial charge >= 0.3 is 0 Å². The number of nitrogens with two attached hydrogens (primary N) is 1. The number of nitrogens with one attached hydrogen (secondary N) is 1. The maximum Gasteiger partial charge on any atom is 0.234 e. The molecule has 0 bridgehead atoms. The third-order valence-electron chi connectivity index (χ3n) is 2.17. The molecule has 0 atom stereocenters. The van der Waals surface area contributed by atoms with Crippen molar-refractivity contribution < 1.29 is 9.53 Å². The lowest BCUT2D eigenvalue weighted by Crippen LogP contribution is -2.35. The monoisotopic (exact) mass is 282 g/mol. The summed E-state index contributed by atoms with van der Waals surface area (Å²) in [6, 6.07) is 7.43. The summed E-state index contributed by atoms with van der Waals surface area (Å²) in [6.45, 7) is 6.38. The van der Waals surface area contributed by atoms with Crippen LogP contribution in [0, 0.1) is 0 Å². The minimum absolute atomic E-state index is 0.0404. The first-order valence-corrected chi connectivity index (χ1v) is 7.46. The molecule has 1 aromatic carbocycles. The molecule has 0 fully saturated rings. The van der Waals surface area contributed by atoms with Gasteiger partial charge in [-0.1, -0.05) is 12.1 Å². The van der Waals surface area contributed by atoms with Gasteiger partial charge in [0.15, 0.2) is 0 Å². The summed E-state index contributed by atoms with van der Waals surface area (Å²) in [7, 11) is 0. The molecule has 5 heteroatoms. The van der Waals surface area contributed by atoms with E-state index in [9.17, 15) is 4.79 Å². The van der Waals surface area contributed by atoms with Gasteiger partial charge in [0.05, 0.1) is 18.0 Å². The van der Waals surface area contributed by atoms with E-state index in [2.05, 4.69) is 5.32 Å². The Hall–Kier alpha value is -1.20. The summed E-state index contributed by atoms with van der Waals surface area (Å²) in [5.74, 6) is 1.79. The number of anilines is 1. The van der Waals surface area contributed by atoms with Gasteiger partial charge in [0.25, 0.3) is 0 Å². The molecule has 3 N–H and O–H groups in total. The number of hydrogen-bond acceptors (Lipinski definition) is 4. The molecule has 0 aliphatic heterocycles. The third-order valence-corrected chi connectivity index (χ3v) is 3.58. The maximum atomic E-state index is 11.8. The number of hydrogen-bond donors (Lipinski definition) is 2. The average molecular weight is 282 g/mol. The van der Waals surface area contributed by atoms with Gasteiger partial charge in [-0.05, 0) is 32.9 Å². The fourth-order valence-electron chi connectivity index (χ4n) is 1.44. The Balaban J connectivity index is 2.48. The summed E-state index contributed by atoms with van der Waals surface area (Å²) >= 11 is 1.53. The van der Waals surface area contributed by atoms with E-state index in [-0.39, 0.29) is 11.4 Å². The van der Waals surface area contributed by atoms with E-state index in [0.29, 0.717) is 23.8 Å². The van der Waals surface area contributed by atoms with E-state index in [4.69, 9.17) is 10.5 Å². The van der Waals surface area contributed by atoms with Crippen molar-refractivity contribution in [1.82, 2.24) is 0 Å². The average Bonchev–Trinajstić information content (AvgIpc) is 2.30. The fraction of sp³-hybridized carbons (Fsp3) is 0.500. The highest BCUT2D eigenvalue weighted by Crippen LogP contribution is 2.23. The molecule has 0 heterocycles. The Labute approximate surface area is 119 Å². The number of thioether (sulfide) groups is 1. The van der Waals surface area contributed by atoms with Gasteiger partial charge in [-0.3, -0.25) is 4.79 Å². The van der Waals surface area contributed by atoms with Crippen molar-refractivity contribution in [3.63, 3.8) is 0 Å². The zero-order valence-corrected chi connectivity index (χ0v) is 12.5. The number of ether oxygens (including phenoxy) is 1. The molecule has 0 saturated heterocycles. The van der Waals surface area contributed by atoms with Gasteiger partial charge in [0.1, 0.15) is 5.75 Å². The highest BCUT2D eigenvalue weighted by Gasteiger charge is 2.12. The van der Waals surface area contributed by atoms with Crippen molar-refractivity contribution in [2.75, 3.05) is 23.4 Å². The van der Waals surface area contributed by atoms with Crippen LogP contribution < -0.4 is 15.8 Å².